The number of β-amino-alcohol motifs (C(OH)–C–C–N with tert-alkyl or cyclic N) is 1. The van der Waals surface area contributed by atoms with Gasteiger partial charge in [0.15, 0.2) is 0 Å². The third-order valence-corrected chi connectivity index (χ3v) is 2.71. The number of hydrogen-bond donors (Lipinski definition) is 3. The lowest BCUT2D eigenvalue weighted by Crippen LogP contribution is -2.38. The number of aliphatic hydroxyl groups excluding tert-OH is 2. The molecule has 1 rings (SSSR count). The van der Waals surface area contributed by atoms with Gasteiger partial charge in [-0.05, 0) is 25.9 Å². The maximum atomic E-state index is 9.73. The van der Waals surface area contributed by atoms with Crippen LogP contribution in [0, 0.1) is 0 Å². The van der Waals surface area contributed by atoms with Gasteiger partial charge in [0.1, 0.15) is 0 Å². The first-order valence-corrected chi connectivity index (χ1v) is 6.12. The lowest BCUT2D eigenvalue weighted by atomic mass is 10.3. The van der Waals surface area contributed by atoms with Crippen molar-refractivity contribution in [3.63, 3.8) is 0 Å². The molecule has 0 bridgehead atoms. The van der Waals surface area contributed by atoms with E-state index in [1.807, 2.05) is 0 Å². The van der Waals surface area contributed by atoms with Crippen LogP contribution in [0.4, 0.5) is 0 Å². The molecule has 1 saturated heterocycles. The van der Waals surface area contributed by atoms with Crippen LogP contribution in [-0.2, 0) is 4.74 Å². The number of hydrogen-bond acceptors (Lipinski definition) is 5. The molecule has 96 valence electrons. The molecule has 1 aliphatic heterocycles. The number of ether oxygens (including phenoxy) is 1. The zero-order valence-electron chi connectivity index (χ0n) is 9.90. The van der Waals surface area contributed by atoms with Crippen LogP contribution in [0.25, 0.3) is 0 Å². The van der Waals surface area contributed by atoms with Crippen LogP contribution in [0.5, 0.6) is 0 Å². The molecule has 0 aliphatic carbocycles. The maximum Gasteiger partial charge on any atom is 0.0791 e. The summed E-state index contributed by atoms with van der Waals surface area (Å²) in [5, 5.41) is 21.3. The zero-order valence-corrected chi connectivity index (χ0v) is 9.90. The van der Waals surface area contributed by atoms with Crippen molar-refractivity contribution in [3.8, 4) is 0 Å². The highest BCUT2D eigenvalue weighted by atomic mass is 16.5. The summed E-state index contributed by atoms with van der Waals surface area (Å²) in [4.78, 5) is 2.30. The predicted molar refractivity (Wildman–Crippen MR) is 62.5 cm³/mol. The van der Waals surface area contributed by atoms with Gasteiger partial charge in [-0.15, -0.1) is 0 Å². The van der Waals surface area contributed by atoms with E-state index in [9.17, 15) is 5.11 Å². The molecule has 0 saturated carbocycles. The maximum absolute atomic E-state index is 9.73. The third kappa shape index (κ3) is 6.40. The molecule has 1 atom stereocenters. The standard InChI is InChI=1S/C11H24N2O3/c14-6-8-16-7-3-12-9-11(15)10-13-4-1-2-5-13/h11-12,14-15H,1-10H2. The van der Waals surface area contributed by atoms with E-state index in [1.165, 1.54) is 12.8 Å². The molecule has 1 unspecified atom stereocenters. The molecule has 1 fully saturated rings. The van der Waals surface area contributed by atoms with Crippen LogP contribution in [0.2, 0.25) is 0 Å². The minimum Gasteiger partial charge on any atom is -0.394 e. The van der Waals surface area contributed by atoms with Gasteiger partial charge < -0.3 is 25.2 Å². The Balaban J connectivity index is 1.87. The Morgan fingerprint density at radius 2 is 2.00 bits per heavy atom. The lowest BCUT2D eigenvalue weighted by Gasteiger charge is -2.19. The van der Waals surface area contributed by atoms with Gasteiger partial charge in [0.2, 0.25) is 0 Å². The molecule has 1 aliphatic rings. The number of aliphatic hydroxyl groups is 2. The Morgan fingerprint density at radius 3 is 2.69 bits per heavy atom. The van der Waals surface area contributed by atoms with Crippen LogP contribution >= 0.6 is 0 Å². The molecule has 5 nitrogen and oxygen atoms in total. The van der Waals surface area contributed by atoms with Crippen LogP contribution in [0.1, 0.15) is 12.8 Å². The second-order valence-electron chi connectivity index (χ2n) is 4.20. The Kier molecular flexibility index (Phi) is 7.71. The van der Waals surface area contributed by atoms with E-state index < -0.39 is 0 Å². The Labute approximate surface area is 97.4 Å². The monoisotopic (exact) mass is 232 g/mol. The van der Waals surface area contributed by atoms with Crippen LogP contribution < -0.4 is 5.32 Å². The van der Waals surface area contributed by atoms with E-state index in [4.69, 9.17) is 9.84 Å². The molecular weight excluding hydrogens is 208 g/mol. The average molecular weight is 232 g/mol. The van der Waals surface area contributed by atoms with Crippen molar-refractivity contribution in [3.05, 3.63) is 0 Å². The number of nitrogens with zero attached hydrogens (tertiary/aromatic N) is 1. The summed E-state index contributed by atoms with van der Waals surface area (Å²) in [5.74, 6) is 0. The molecule has 1 heterocycles. The van der Waals surface area contributed by atoms with Crippen molar-refractivity contribution < 1.29 is 14.9 Å². The fraction of sp³-hybridized carbons (Fsp3) is 1.00. The second kappa shape index (κ2) is 8.90. The van der Waals surface area contributed by atoms with Crippen LogP contribution in [0.15, 0.2) is 0 Å². The van der Waals surface area contributed by atoms with E-state index in [2.05, 4.69) is 10.2 Å². The van der Waals surface area contributed by atoms with Gasteiger partial charge in [-0.3, -0.25) is 0 Å². The molecule has 3 N–H and O–H groups in total. The van der Waals surface area contributed by atoms with Crippen molar-refractivity contribution >= 4 is 0 Å². The van der Waals surface area contributed by atoms with E-state index in [0.717, 1.165) is 26.2 Å². The lowest BCUT2D eigenvalue weighted by molar-refractivity contribution is 0.0878. The van der Waals surface area contributed by atoms with E-state index >= 15 is 0 Å². The third-order valence-electron chi connectivity index (χ3n) is 2.71. The quantitative estimate of drug-likeness (QED) is 0.447. The average Bonchev–Trinajstić information content (AvgIpc) is 2.76. The second-order valence-corrected chi connectivity index (χ2v) is 4.20. The van der Waals surface area contributed by atoms with Crippen molar-refractivity contribution in [2.24, 2.45) is 0 Å². The van der Waals surface area contributed by atoms with Gasteiger partial charge in [-0.2, -0.15) is 0 Å². The molecule has 0 aromatic rings. The van der Waals surface area contributed by atoms with E-state index in [-0.39, 0.29) is 12.7 Å². The largest absolute Gasteiger partial charge is 0.394 e. The van der Waals surface area contributed by atoms with Gasteiger partial charge in [0.25, 0.3) is 0 Å². The summed E-state index contributed by atoms with van der Waals surface area (Å²) in [6.45, 7) is 5.38. The molecule has 0 amide bonds. The van der Waals surface area contributed by atoms with Gasteiger partial charge in [0, 0.05) is 19.6 Å². The summed E-state index contributed by atoms with van der Waals surface area (Å²) in [6, 6.07) is 0. The molecule has 0 aromatic heterocycles. The smallest absolute Gasteiger partial charge is 0.0791 e. The zero-order chi connectivity index (χ0) is 11.6. The predicted octanol–water partition coefficient (Wildman–Crippen LogP) is -0.958. The van der Waals surface area contributed by atoms with Crippen molar-refractivity contribution in [1.82, 2.24) is 10.2 Å². The number of rotatable bonds is 9. The molecule has 5 heteroatoms. The summed E-state index contributed by atoms with van der Waals surface area (Å²) >= 11 is 0. The highest BCUT2D eigenvalue weighted by Gasteiger charge is 2.14. The summed E-state index contributed by atoms with van der Waals surface area (Å²) in [6.07, 6.45) is 2.22. The van der Waals surface area contributed by atoms with Crippen molar-refractivity contribution in [2.45, 2.75) is 18.9 Å². The fourth-order valence-corrected chi connectivity index (χ4v) is 1.91. The Morgan fingerprint density at radius 1 is 1.25 bits per heavy atom. The van der Waals surface area contributed by atoms with Crippen LogP contribution in [-0.4, -0.2) is 73.8 Å². The first kappa shape index (κ1) is 13.9. The SMILES string of the molecule is OCCOCCNCC(O)CN1CCCC1. The minimum absolute atomic E-state index is 0.0670. The molecule has 0 aromatic carbocycles. The van der Waals surface area contributed by atoms with Gasteiger partial charge in [-0.1, -0.05) is 0 Å². The first-order chi connectivity index (χ1) is 7.83. The Bertz CT molecular complexity index is 163. The molecule has 0 radical (unpaired) electrons. The molecule has 0 spiro atoms. The highest BCUT2D eigenvalue weighted by molar-refractivity contribution is 4.71. The summed E-state index contributed by atoms with van der Waals surface area (Å²) in [7, 11) is 0. The van der Waals surface area contributed by atoms with Crippen molar-refractivity contribution in [1.29, 1.82) is 0 Å². The highest BCUT2D eigenvalue weighted by Crippen LogP contribution is 2.07. The Hall–Kier alpha value is -0.200. The van der Waals surface area contributed by atoms with E-state index in [0.29, 0.717) is 19.8 Å². The van der Waals surface area contributed by atoms with Gasteiger partial charge >= 0.3 is 0 Å². The van der Waals surface area contributed by atoms with Gasteiger partial charge in [0.05, 0.1) is 25.9 Å². The van der Waals surface area contributed by atoms with Crippen LogP contribution in [0.3, 0.4) is 0 Å². The summed E-state index contributed by atoms with van der Waals surface area (Å²) < 4.78 is 5.09. The number of nitrogens with one attached hydrogen (secondary N) is 1. The summed E-state index contributed by atoms with van der Waals surface area (Å²) in [5.41, 5.74) is 0. The molecular formula is C11H24N2O3. The topological polar surface area (TPSA) is 65.0 Å². The van der Waals surface area contributed by atoms with Crippen molar-refractivity contribution in [2.75, 3.05) is 52.5 Å². The van der Waals surface area contributed by atoms with Gasteiger partial charge in [-0.25, -0.2) is 0 Å². The molecule has 16 heavy (non-hydrogen) atoms. The van der Waals surface area contributed by atoms with E-state index in [1.54, 1.807) is 0 Å². The number of likely N-dealkylation sites (tertiary alicyclic amines) is 1. The normalized spacial score (nSPS) is 19.1. The first-order valence-electron chi connectivity index (χ1n) is 6.12. The minimum atomic E-state index is -0.295. The fourth-order valence-electron chi connectivity index (χ4n) is 1.91.